The first-order valence-corrected chi connectivity index (χ1v) is 10.6. The number of hydrogen-bond donors (Lipinski definition) is 2. The second kappa shape index (κ2) is 7.76. The maximum absolute atomic E-state index is 12.4. The molecule has 1 amide bonds. The predicted octanol–water partition coefficient (Wildman–Crippen LogP) is 5.12. The van der Waals surface area contributed by atoms with E-state index in [1.54, 1.807) is 0 Å². The normalized spacial score (nSPS) is 17.4. The zero-order valence-electron chi connectivity index (χ0n) is 18.6. The minimum atomic E-state index is -0.266. The Bertz CT molecular complexity index is 1100. The quantitative estimate of drug-likeness (QED) is 0.567. The van der Waals surface area contributed by atoms with Crippen LogP contribution in [0.2, 0.25) is 0 Å². The van der Waals surface area contributed by atoms with Gasteiger partial charge in [0.1, 0.15) is 0 Å². The lowest BCUT2D eigenvalue weighted by Crippen LogP contribution is -2.34. The van der Waals surface area contributed by atoms with Crippen LogP contribution in [0.1, 0.15) is 79.1 Å². The fourth-order valence-electron chi connectivity index (χ4n) is 4.50. The first-order valence-electron chi connectivity index (χ1n) is 10.6. The van der Waals surface area contributed by atoms with Crippen molar-refractivity contribution in [1.29, 1.82) is 0 Å². The number of allylic oxidation sites excluding steroid dienone is 1. The number of hydrogen-bond acceptors (Lipinski definition) is 4. The van der Waals surface area contributed by atoms with Gasteiger partial charge in [0.2, 0.25) is 5.95 Å². The van der Waals surface area contributed by atoms with E-state index in [4.69, 9.17) is 0 Å². The summed E-state index contributed by atoms with van der Waals surface area (Å²) in [4.78, 5) is 12.4. The van der Waals surface area contributed by atoms with Gasteiger partial charge >= 0.3 is 0 Å². The Morgan fingerprint density at radius 1 is 1.03 bits per heavy atom. The van der Waals surface area contributed by atoms with Crippen molar-refractivity contribution in [3.05, 3.63) is 82.9 Å². The SMILES string of the molecule is C=CC(c1ccc(C(=O)Nc2nnn[nH]2)cc1)c1ccc2c(c1)C(C)(C)CCC2(C)C. The predicted molar refractivity (Wildman–Crippen MR) is 122 cm³/mol. The van der Waals surface area contributed by atoms with Gasteiger partial charge in [-0.2, -0.15) is 0 Å². The van der Waals surface area contributed by atoms with E-state index in [1.807, 2.05) is 30.3 Å². The Hall–Kier alpha value is -3.28. The Balaban J connectivity index is 1.62. The highest BCUT2D eigenvalue weighted by Gasteiger charge is 2.37. The van der Waals surface area contributed by atoms with Gasteiger partial charge in [0, 0.05) is 11.5 Å². The van der Waals surface area contributed by atoms with Crippen molar-refractivity contribution in [2.24, 2.45) is 0 Å². The maximum Gasteiger partial charge on any atom is 0.258 e. The largest absolute Gasteiger partial charge is 0.289 e. The van der Waals surface area contributed by atoms with Crippen LogP contribution in [0, 0.1) is 0 Å². The zero-order chi connectivity index (χ0) is 22.2. The molecule has 1 unspecified atom stereocenters. The molecule has 6 heteroatoms. The summed E-state index contributed by atoms with van der Waals surface area (Å²) in [6, 6.07) is 14.5. The highest BCUT2D eigenvalue weighted by atomic mass is 16.1. The summed E-state index contributed by atoms with van der Waals surface area (Å²) in [6.45, 7) is 13.4. The fourth-order valence-corrected chi connectivity index (χ4v) is 4.50. The van der Waals surface area contributed by atoms with Crippen LogP contribution in [0.25, 0.3) is 0 Å². The summed E-state index contributed by atoms with van der Waals surface area (Å²) in [6.07, 6.45) is 4.35. The van der Waals surface area contributed by atoms with Crippen molar-refractivity contribution in [3.63, 3.8) is 0 Å². The fraction of sp³-hybridized carbons (Fsp3) is 0.360. The van der Waals surface area contributed by atoms with Gasteiger partial charge in [-0.25, -0.2) is 5.10 Å². The molecule has 4 rings (SSSR count). The maximum atomic E-state index is 12.4. The van der Waals surface area contributed by atoms with E-state index in [0.29, 0.717) is 5.56 Å². The summed E-state index contributed by atoms with van der Waals surface area (Å²) < 4.78 is 0. The van der Waals surface area contributed by atoms with Crippen molar-refractivity contribution < 1.29 is 4.79 Å². The molecular formula is C25H29N5O. The summed E-state index contributed by atoms with van der Waals surface area (Å²) in [7, 11) is 0. The summed E-state index contributed by atoms with van der Waals surface area (Å²) in [5.74, 6) is 0.0115. The molecular weight excluding hydrogens is 386 g/mol. The van der Waals surface area contributed by atoms with Gasteiger partial charge < -0.3 is 0 Å². The molecule has 3 aromatic rings. The molecule has 1 aliphatic rings. The third-order valence-electron chi connectivity index (χ3n) is 6.58. The number of tetrazole rings is 1. The summed E-state index contributed by atoms with van der Waals surface area (Å²) in [5.41, 5.74) is 6.10. The molecule has 160 valence electrons. The monoisotopic (exact) mass is 415 g/mol. The van der Waals surface area contributed by atoms with Gasteiger partial charge in [0.25, 0.3) is 5.91 Å². The van der Waals surface area contributed by atoms with Crippen molar-refractivity contribution >= 4 is 11.9 Å². The number of aromatic amines is 1. The highest BCUT2D eigenvalue weighted by molar-refractivity contribution is 6.03. The topological polar surface area (TPSA) is 83.6 Å². The van der Waals surface area contributed by atoms with Gasteiger partial charge in [-0.3, -0.25) is 10.1 Å². The van der Waals surface area contributed by atoms with Crippen LogP contribution in [0.15, 0.2) is 55.1 Å². The lowest BCUT2D eigenvalue weighted by Gasteiger charge is -2.42. The molecule has 0 fully saturated rings. The van der Waals surface area contributed by atoms with E-state index in [-0.39, 0.29) is 28.6 Å². The molecule has 0 radical (unpaired) electrons. The Morgan fingerprint density at radius 3 is 2.29 bits per heavy atom. The number of anilines is 1. The van der Waals surface area contributed by atoms with Crippen LogP contribution in [0.5, 0.6) is 0 Å². The van der Waals surface area contributed by atoms with Gasteiger partial charge in [0.15, 0.2) is 0 Å². The molecule has 2 N–H and O–H groups in total. The van der Waals surface area contributed by atoms with E-state index in [2.05, 4.69) is 78.4 Å². The Labute approximate surface area is 183 Å². The second-order valence-electron chi connectivity index (χ2n) is 9.61. The number of benzene rings is 2. The van der Waals surface area contributed by atoms with Crippen LogP contribution in [0.3, 0.4) is 0 Å². The van der Waals surface area contributed by atoms with E-state index >= 15 is 0 Å². The summed E-state index contributed by atoms with van der Waals surface area (Å²) >= 11 is 0. The first-order chi connectivity index (χ1) is 14.7. The third kappa shape index (κ3) is 4.02. The molecule has 0 bridgehead atoms. The molecule has 0 saturated heterocycles. The Kier molecular flexibility index (Phi) is 5.25. The van der Waals surface area contributed by atoms with Gasteiger partial charge in [0.05, 0.1) is 0 Å². The average molecular weight is 416 g/mol. The minimum absolute atomic E-state index is 0.0572. The zero-order valence-corrected chi connectivity index (χ0v) is 18.6. The number of nitrogens with zero attached hydrogens (tertiary/aromatic N) is 3. The van der Waals surface area contributed by atoms with E-state index < -0.39 is 0 Å². The number of fused-ring (bicyclic) bond motifs is 1. The molecule has 0 saturated carbocycles. The van der Waals surface area contributed by atoms with Crippen LogP contribution in [-0.4, -0.2) is 26.5 Å². The van der Waals surface area contributed by atoms with E-state index in [9.17, 15) is 4.79 Å². The summed E-state index contributed by atoms with van der Waals surface area (Å²) in [5, 5.41) is 15.7. The van der Waals surface area contributed by atoms with Crippen LogP contribution >= 0.6 is 0 Å². The average Bonchev–Trinajstić information content (AvgIpc) is 3.25. The number of H-pyrrole nitrogens is 1. The highest BCUT2D eigenvalue weighted by Crippen LogP contribution is 2.46. The number of carbonyl (C=O) groups is 1. The first kappa shape index (κ1) is 21.0. The minimum Gasteiger partial charge on any atom is -0.289 e. The number of aromatic nitrogens is 4. The van der Waals surface area contributed by atoms with Crippen molar-refractivity contribution in [1.82, 2.24) is 20.6 Å². The molecule has 0 spiro atoms. The number of amides is 1. The van der Waals surface area contributed by atoms with Gasteiger partial charge in [-0.1, -0.05) is 69.2 Å². The number of nitrogens with one attached hydrogen (secondary N) is 2. The van der Waals surface area contributed by atoms with Crippen molar-refractivity contribution in [2.75, 3.05) is 5.32 Å². The lowest BCUT2D eigenvalue weighted by atomic mass is 9.62. The van der Waals surface area contributed by atoms with Crippen LogP contribution in [0.4, 0.5) is 5.95 Å². The molecule has 0 aliphatic heterocycles. The van der Waals surface area contributed by atoms with Crippen molar-refractivity contribution in [3.8, 4) is 0 Å². The molecule has 1 heterocycles. The molecule has 2 aromatic carbocycles. The van der Waals surface area contributed by atoms with Gasteiger partial charge in [-0.15, -0.1) is 6.58 Å². The molecule has 6 nitrogen and oxygen atoms in total. The lowest BCUT2D eigenvalue weighted by molar-refractivity contribution is 0.102. The second-order valence-corrected chi connectivity index (χ2v) is 9.61. The smallest absolute Gasteiger partial charge is 0.258 e. The molecule has 1 aliphatic carbocycles. The van der Waals surface area contributed by atoms with Crippen LogP contribution in [-0.2, 0) is 10.8 Å². The number of rotatable bonds is 5. The van der Waals surface area contributed by atoms with E-state index in [0.717, 1.165) is 5.56 Å². The van der Waals surface area contributed by atoms with Gasteiger partial charge in [-0.05, 0) is 68.5 Å². The number of carbonyl (C=O) groups excluding carboxylic acids is 1. The molecule has 1 atom stereocenters. The third-order valence-corrected chi connectivity index (χ3v) is 6.58. The molecule has 31 heavy (non-hydrogen) atoms. The van der Waals surface area contributed by atoms with E-state index in [1.165, 1.54) is 29.5 Å². The Morgan fingerprint density at radius 2 is 1.68 bits per heavy atom. The van der Waals surface area contributed by atoms with Crippen LogP contribution < -0.4 is 5.32 Å². The van der Waals surface area contributed by atoms with Crippen molar-refractivity contribution in [2.45, 2.75) is 57.3 Å². The molecule has 1 aromatic heterocycles. The standard InChI is InChI=1S/C25H29N5O/c1-6-19(16-7-9-17(10-8-16)22(31)26-23-27-29-30-28-23)18-11-12-20-21(15-18)25(4,5)14-13-24(20,2)3/h6-12,15,19H,1,13-14H2,2-5H3,(H2,26,27,28,29,30,31).